The van der Waals surface area contributed by atoms with Crippen LogP contribution in [0.2, 0.25) is 0 Å². The van der Waals surface area contributed by atoms with Crippen molar-refractivity contribution in [2.24, 2.45) is 5.92 Å². The molecule has 5 nitrogen and oxygen atoms in total. The van der Waals surface area contributed by atoms with Crippen molar-refractivity contribution in [3.8, 4) is 0 Å². The minimum absolute atomic E-state index is 0.0115. The first-order chi connectivity index (χ1) is 12.0. The minimum Gasteiger partial charge on any atom is -0.344 e. The molecular formula is C19H23N3O2S. The fourth-order valence-electron chi connectivity index (χ4n) is 2.63. The Hall–Kier alpha value is -2.21. The first-order valence-electron chi connectivity index (χ1n) is 8.62. The second-order valence-corrected chi connectivity index (χ2v) is 7.65. The van der Waals surface area contributed by atoms with Crippen LogP contribution in [0, 0.1) is 5.92 Å². The first kappa shape index (κ1) is 17.6. The van der Waals surface area contributed by atoms with Crippen LogP contribution in [0.3, 0.4) is 0 Å². The van der Waals surface area contributed by atoms with Crippen molar-refractivity contribution >= 4 is 28.3 Å². The van der Waals surface area contributed by atoms with Crippen molar-refractivity contribution in [2.75, 3.05) is 5.32 Å². The van der Waals surface area contributed by atoms with Crippen molar-refractivity contribution < 1.29 is 9.59 Å². The largest absolute Gasteiger partial charge is 0.344 e. The smallest absolute Gasteiger partial charge is 0.248 e. The van der Waals surface area contributed by atoms with Crippen LogP contribution in [0.25, 0.3) is 0 Å². The Morgan fingerprint density at radius 2 is 1.96 bits per heavy atom. The lowest BCUT2D eigenvalue weighted by Gasteiger charge is -2.21. The maximum atomic E-state index is 12.6. The second kappa shape index (κ2) is 7.78. The summed E-state index contributed by atoms with van der Waals surface area (Å²) in [5.41, 5.74) is 1.99. The Morgan fingerprint density at radius 3 is 2.60 bits per heavy atom. The molecule has 2 amide bonds. The maximum absolute atomic E-state index is 12.6. The number of hydrogen-bond acceptors (Lipinski definition) is 4. The molecule has 1 fully saturated rings. The number of rotatable bonds is 7. The lowest BCUT2D eigenvalue weighted by atomic mass is 10.0. The number of anilines is 1. The standard InChI is InChI=1S/C19H23N3O2S/c1-12(2)17(21-16(23)10-13-6-4-3-5-7-13)18(24)22-19-20-15(11-25-19)14-8-9-14/h3-7,11-12,14,17H,8-10H2,1-2H3,(H,21,23)(H,20,22,24). The third-order valence-electron chi connectivity index (χ3n) is 4.22. The SMILES string of the molecule is CC(C)C(NC(=O)Cc1ccccc1)C(=O)Nc1nc(C2CC2)cs1. The summed E-state index contributed by atoms with van der Waals surface area (Å²) in [5.74, 6) is 0.182. The van der Waals surface area contributed by atoms with Crippen molar-refractivity contribution in [1.29, 1.82) is 0 Å². The van der Waals surface area contributed by atoms with E-state index in [1.54, 1.807) is 0 Å². The second-order valence-electron chi connectivity index (χ2n) is 6.79. The molecule has 1 aliphatic carbocycles. The van der Waals surface area contributed by atoms with E-state index in [-0.39, 0.29) is 24.2 Å². The molecule has 132 valence electrons. The van der Waals surface area contributed by atoms with E-state index >= 15 is 0 Å². The fourth-order valence-corrected chi connectivity index (χ4v) is 3.43. The van der Waals surface area contributed by atoms with Gasteiger partial charge in [-0.15, -0.1) is 11.3 Å². The van der Waals surface area contributed by atoms with Crippen LogP contribution in [0.5, 0.6) is 0 Å². The highest BCUT2D eigenvalue weighted by atomic mass is 32.1. The molecule has 1 heterocycles. The highest BCUT2D eigenvalue weighted by Crippen LogP contribution is 2.40. The Bertz CT molecular complexity index is 738. The van der Waals surface area contributed by atoms with Gasteiger partial charge in [-0.25, -0.2) is 4.98 Å². The molecule has 1 saturated carbocycles. The van der Waals surface area contributed by atoms with Crippen LogP contribution >= 0.6 is 11.3 Å². The molecule has 0 spiro atoms. The average molecular weight is 357 g/mol. The monoisotopic (exact) mass is 357 g/mol. The van der Waals surface area contributed by atoms with Gasteiger partial charge < -0.3 is 10.6 Å². The zero-order valence-corrected chi connectivity index (χ0v) is 15.3. The molecule has 1 unspecified atom stereocenters. The van der Waals surface area contributed by atoms with Gasteiger partial charge in [0.05, 0.1) is 12.1 Å². The first-order valence-corrected chi connectivity index (χ1v) is 9.50. The van der Waals surface area contributed by atoms with Gasteiger partial charge >= 0.3 is 0 Å². The van der Waals surface area contributed by atoms with E-state index in [9.17, 15) is 9.59 Å². The molecule has 3 rings (SSSR count). The van der Waals surface area contributed by atoms with Gasteiger partial charge in [0.1, 0.15) is 6.04 Å². The molecule has 0 bridgehead atoms. The molecule has 1 aliphatic rings. The number of nitrogens with zero attached hydrogens (tertiary/aromatic N) is 1. The Morgan fingerprint density at radius 1 is 1.24 bits per heavy atom. The van der Waals surface area contributed by atoms with Crippen molar-refractivity contribution in [2.45, 2.75) is 45.1 Å². The zero-order chi connectivity index (χ0) is 17.8. The highest BCUT2D eigenvalue weighted by molar-refractivity contribution is 7.13. The molecule has 1 aromatic heterocycles. The number of carbonyl (C=O) groups excluding carboxylic acids is 2. The summed E-state index contributed by atoms with van der Waals surface area (Å²) in [6, 6.07) is 8.93. The molecule has 0 radical (unpaired) electrons. The number of thiazole rings is 1. The van der Waals surface area contributed by atoms with Gasteiger partial charge in [-0.05, 0) is 24.3 Å². The lowest BCUT2D eigenvalue weighted by Crippen LogP contribution is -2.47. The number of aromatic nitrogens is 1. The molecule has 0 saturated heterocycles. The third-order valence-corrected chi connectivity index (χ3v) is 5.00. The Kier molecular flexibility index (Phi) is 5.48. The van der Waals surface area contributed by atoms with Crippen molar-refractivity contribution in [3.63, 3.8) is 0 Å². The van der Waals surface area contributed by atoms with Gasteiger partial charge in [0.15, 0.2) is 5.13 Å². The summed E-state index contributed by atoms with van der Waals surface area (Å²) < 4.78 is 0. The van der Waals surface area contributed by atoms with Gasteiger partial charge in [-0.1, -0.05) is 44.2 Å². The Labute approximate surface area is 151 Å². The van der Waals surface area contributed by atoms with Crippen LogP contribution in [0.4, 0.5) is 5.13 Å². The van der Waals surface area contributed by atoms with Crippen LogP contribution in [-0.2, 0) is 16.0 Å². The number of benzene rings is 1. The normalized spacial score (nSPS) is 15.0. The average Bonchev–Trinajstić information content (AvgIpc) is 3.33. The minimum atomic E-state index is -0.579. The predicted molar refractivity (Wildman–Crippen MR) is 99.6 cm³/mol. The molecule has 2 N–H and O–H groups in total. The number of amides is 2. The molecule has 1 aromatic carbocycles. The number of carbonyl (C=O) groups is 2. The van der Waals surface area contributed by atoms with Gasteiger partial charge in [0, 0.05) is 11.3 Å². The zero-order valence-electron chi connectivity index (χ0n) is 14.5. The van der Waals surface area contributed by atoms with E-state index in [2.05, 4.69) is 15.6 Å². The molecule has 6 heteroatoms. The van der Waals surface area contributed by atoms with Crippen LogP contribution in [0.15, 0.2) is 35.7 Å². The summed E-state index contributed by atoms with van der Waals surface area (Å²) in [5, 5.41) is 8.31. The number of hydrogen-bond donors (Lipinski definition) is 2. The summed E-state index contributed by atoms with van der Waals surface area (Å²) in [4.78, 5) is 29.3. The van der Waals surface area contributed by atoms with Gasteiger partial charge in [0.2, 0.25) is 11.8 Å². The van der Waals surface area contributed by atoms with Crippen molar-refractivity contribution in [1.82, 2.24) is 10.3 Å². The van der Waals surface area contributed by atoms with E-state index in [0.29, 0.717) is 11.0 Å². The topological polar surface area (TPSA) is 71.1 Å². The Balaban J connectivity index is 1.59. The quantitative estimate of drug-likeness (QED) is 0.798. The van der Waals surface area contributed by atoms with Crippen LogP contribution in [0.1, 0.15) is 43.9 Å². The van der Waals surface area contributed by atoms with E-state index in [1.807, 2.05) is 49.6 Å². The molecule has 25 heavy (non-hydrogen) atoms. The third kappa shape index (κ3) is 4.89. The summed E-state index contributed by atoms with van der Waals surface area (Å²) in [6.45, 7) is 3.84. The predicted octanol–water partition coefficient (Wildman–Crippen LogP) is 3.34. The van der Waals surface area contributed by atoms with Crippen LogP contribution < -0.4 is 10.6 Å². The van der Waals surface area contributed by atoms with Gasteiger partial charge in [-0.3, -0.25) is 9.59 Å². The van der Waals surface area contributed by atoms with Gasteiger partial charge in [0.25, 0.3) is 0 Å². The van der Waals surface area contributed by atoms with E-state index < -0.39 is 6.04 Å². The molecule has 2 aromatic rings. The van der Waals surface area contributed by atoms with E-state index in [0.717, 1.165) is 11.3 Å². The molecular weight excluding hydrogens is 334 g/mol. The van der Waals surface area contributed by atoms with E-state index in [4.69, 9.17) is 0 Å². The van der Waals surface area contributed by atoms with E-state index in [1.165, 1.54) is 24.2 Å². The van der Waals surface area contributed by atoms with Crippen LogP contribution in [-0.4, -0.2) is 22.8 Å². The highest BCUT2D eigenvalue weighted by Gasteiger charge is 2.28. The summed E-state index contributed by atoms with van der Waals surface area (Å²) in [6.07, 6.45) is 2.63. The lowest BCUT2D eigenvalue weighted by molar-refractivity contribution is -0.127. The number of nitrogens with one attached hydrogen (secondary N) is 2. The van der Waals surface area contributed by atoms with Gasteiger partial charge in [-0.2, -0.15) is 0 Å². The molecule has 1 atom stereocenters. The molecule has 0 aliphatic heterocycles. The summed E-state index contributed by atoms with van der Waals surface area (Å²) >= 11 is 1.44. The summed E-state index contributed by atoms with van der Waals surface area (Å²) in [7, 11) is 0. The fraction of sp³-hybridized carbons (Fsp3) is 0.421. The maximum Gasteiger partial charge on any atom is 0.248 e. The van der Waals surface area contributed by atoms with Crippen molar-refractivity contribution in [3.05, 3.63) is 47.0 Å².